The molecule has 6 heteroatoms. The number of carbonyl (C=O) groups is 1. The van der Waals surface area contributed by atoms with Crippen molar-refractivity contribution in [3.8, 4) is 5.75 Å². The number of benzene rings is 1. The minimum absolute atomic E-state index is 0.0247. The lowest BCUT2D eigenvalue weighted by Crippen LogP contribution is -2.38. The average molecular weight is 359 g/mol. The lowest BCUT2D eigenvalue weighted by Gasteiger charge is -2.31. The standard InChI is InChI=1S/C19H25N3O2S/c1-13-14(2)25-19(20-13)21-18(23)12-22-10-8-16(9-11-22)15-4-6-17(24-3)7-5-15/h4-7,16H,8-12H2,1-3H3,(H,20,21,23). The van der Waals surface area contributed by atoms with Gasteiger partial charge in [-0.25, -0.2) is 4.98 Å². The van der Waals surface area contributed by atoms with E-state index in [0.29, 0.717) is 17.6 Å². The van der Waals surface area contributed by atoms with Gasteiger partial charge in [0.15, 0.2) is 5.13 Å². The van der Waals surface area contributed by atoms with Gasteiger partial charge < -0.3 is 10.1 Å². The normalized spacial score (nSPS) is 16.0. The zero-order valence-corrected chi connectivity index (χ0v) is 15.9. The second kappa shape index (κ2) is 7.97. The maximum Gasteiger partial charge on any atom is 0.240 e. The second-order valence-corrected chi connectivity index (χ2v) is 7.74. The molecule has 0 atom stereocenters. The summed E-state index contributed by atoms with van der Waals surface area (Å²) in [7, 11) is 1.69. The highest BCUT2D eigenvalue weighted by molar-refractivity contribution is 7.15. The van der Waals surface area contributed by atoms with E-state index in [0.717, 1.165) is 42.3 Å². The van der Waals surface area contributed by atoms with Gasteiger partial charge >= 0.3 is 0 Å². The molecule has 2 aromatic rings. The lowest BCUT2D eigenvalue weighted by atomic mass is 9.89. The van der Waals surface area contributed by atoms with E-state index in [-0.39, 0.29) is 5.91 Å². The summed E-state index contributed by atoms with van der Waals surface area (Å²) in [6.45, 7) is 6.31. The number of rotatable bonds is 5. The highest BCUT2D eigenvalue weighted by Gasteiger charge is 2.22. The monoisotopic (exact) mass is 359 g/mol. The van der Waals surface area contributed by atoms with Crippen molar-refractivity contribution < 1.29 is 9.53 Å². The molecule has 5 nitrogen and oxygen atoms in total. The van der Waals surface area contributed by atoms with E-state index < -0.39 is 0 Å². The molecule has 0 unspecified atom stereocenters. The van der Waals surface area contributed by atoms with E-state index in [2.05, 4.69) is 27.3 Å². The zero-order valence-electron chi connectivity index (χ0n) is 15.0. The van der Waals surface area contributed by atoms with Crippen LogP contribution in [0.1, 0.15) is 34.9 Å². The number of hydrogen-bond donors (Lipinski definition) is 1. The van der Waals surface area contributed by atoms with Gasteiger partial charge in [-0.2, -0.15) is 0 Å². The maximum absolute atomic E-state index is 12.2. The largest absolute Gasteiger partial charge is 0.497 e. The number of carbonyl (C=O) groups excluding carboxylic acids is 1. The Morgan fingerprint density at radius 3 is 2.52 bits per heavy atom. The fourth-order valence-electron chi connectivity index (χ4n) is 3.19. The predicted octanol–water partition coefficient (Wildman–Crippen LogP) is 3.59. The predicted molar refractivity (Wildman–Crippen MR) is 102 cm³/mol. The van der Waals surface area contributed by atoms with Gasteiger partial charge in [-0.15, -0.1) is 11.3 Å². The number of aryl methyl sites for hydroxylation is 2. The van der Waals surface area contributed by atoms with Gasteiger partial charge in [0.2, 0.25) is 5.91 Å². The molecule has 0 aliphatic carbocycles. The molecule has 25 heavy (non-hydrogen) atoms. The number of likely N-dealkylation sites (tertiary alicyclic amines) is 1. The van der Waals surface area contributed by atoms with Gasteiger partial charge in [0.05, 0.1) is 19.3 Å². The third-order valence-electron chi connectivity index (χ3n) is 4.82. The van der Waals surface area contributed by atoms with Crippen molar-refractivity contribution in [1.82, 2.24) is 9.88 Å². The molecule has 134 valence electrons. The Labute approximate surface area is 153 Å². The van der Waals surface area contributed by atoms with Crippen LogP contribution in [0.2, 0.25) is 0 Å². The number of amides is 1. The minimum Gasteiger partial charge on any atom is -0.497 e. The van der Waals surface area contributed by atoms with E-state index in [1.807, 2.05) is 26.0 Å². The highest BCUT2D eigenvalue weighted by atomic mass is 32.1. The average Bonchev–Trinajstić information content (AvgIpc) is 2.93. The molecule has 2 heterocycles. The van der Waals surface area contributed by atoms with Crippen LogP contribution in [-0.2, 0) is 4.79 Å². The summed E-state index contributed by atoms with van der Waals surface area (Å²) in [6, 6.07) is 8.35. The van der Waals surface area contributed by atoms with Crippen molar-refractivity contribution in [2.24, 2.45) is 0 Å². The fraction of sp³-hybridized carbons (Fsp3) is 0.474. The molecule has 1 aromatic heterocycles. The first-order chi connectivity index (χ1) is 12.0. The van der Waals surface area contributed by atoms with Crippen LogP contribution in [0.25, 0.3) is 0 Å². The van der Waals surface area contributed by atoms with Gasteiger partial charge in [-0.3, -0.25) is 9.69 Å². The molecule has 1 amide bonds. The number of hydrogen-bond acceptors (Lipinski definition) is 5. The molecular formula is C19H25N3O2S. The van der Waals surface area contributed by atoms with Gasteiger partial charge in [-0.1, -0.05) is 12.1 Å². The number of anilines is 1. The van der Waals surface area contributed by atoms with Crippen LogP contribution < -0.4 is 10.1 Å². The fourth-order valence-corrected chi connectivity index (χ4v) is 4.02. The molecule has 0 radical (unpaired) electrons. The van der Waals surface area contributed by atoms with Crippen LogP contribution in [0, 0.1) is 13.8 Å². The van der Waals surface area contributed by atoms with Gasteiger partial charge in [0.1, 0.15) is 5.75 Å². The Morgan fingerprint density at radius 1 is 1.28 bits per heavy atom. The van der Waals surface area contributed by atoms with E-state index in [1.54, 1.807) is 7.11 Å². The van der Waals surface area contributed by atoms with Crippen molar-refractivity contribution >= 4 is 22.4 Å². The SMILES string of the molecule is COc1ccc(C2CCN(CC(=O)Nc3nc(C)c(C)s3)CC2)cc1. The molecule has 1 saturated heterocycles. The van der Waals surface area contributed by atoms with Crippen LogP contribution in [0.5, 0.6) is 5.75 Å². The van der Waals surface area contributed by atoms with Gasteiger partial charge in [0.25, 0.3) is 0 Å². The summed E-state index contributed by atoms with van der Waals surface area (Å²) in [5, 5.41) is 3.62. The number of thiazole rings is 1. The summed E-state index contributed by atoms with van der Waals surface area (Å²) >= 11 is 1.53. The molecular weight excluding hydrogens is 334 g/mol. The second-order valence-electron chi connectivity index (χ2n) is 6.53. The first kappa shape index (κ1) is 17.9. The molecule has 1 aliphatic rings. The Kier molecular flexibility index (Phi) is 5.71. The van der Waals surface area contributed by atoms with Crippen LogP contribution in [0.15, 0.2) is 24.3 Å². The van der Waals surface area contributed by atoms with E-state index in [1.165, 1.54) is 16.9 Å². The smallest absolute Gasteiger partial charge is 0.240 e. The summed E-state index contributed by atoms with van der Waals surface area (Å²) < 4.78 is 5.22. The number of piperidine rings is 1. The molecule has 3 rings (SSSR count). The first-order valence-electron chi connectivity index (χ1n) is 8.65. The van der Waals surface area contributed by atoms with Crippen molar-refractivity contribution in [2.75, 3.05) is 32.1 Å². The van der Waals surface area contributed by atoms with Crippen LogP contribution >= 0.6 is 11.3 Å². The number of ether oxygens (including phenoxy) is 1. The number of methoxy groups -OCH3 is 1. The van der Waals surface area contributed by atoms with E-state index in [4.69, 9.17) is 4.74 Å². The minimum atomic E-state index is 0.0247. The Bertz CT molecular complexity index is 699. The van der Waals surface area contributed by atoms with Crippen molar-refractivity contribution in [1.29, 1.82) is 0 Å². The van der Waals surface area contributed by atoms with Gasteiger partial charge in [0, 0.05) is 4.88 Å². The van der Waals surface area contributed by atoms with E-state index >= 15 is 0 Å². The Balaban J connectivity index is 1.47. The lowest BCUT2D eigenvalue weighted by molar-refractivity contribution is -0.117. The van der Waals surface area contributed by atoms with Crippen molar-refractivity contribution in [3.05, 3.63) is 40.4 Å². The quantitative estimate of drug-likeness (QED) is 0.886. The molecule has 1 aliphatic heterocycles. The summed E-state index contributed by atoms with van der Waals surface area (Å²) in [5.74, 6) is 1.48. The zero-order chi connectivity index (χ0) is 17.8. The molecule has 1 fully saturated rings. The molecule has 1 aromatic carbocycles. The molecule has 0 spiro atoms. The number of nitrogens with one attached hydrogen (secondary N) is 1. The third kappa shape index (κ3) is 4.58. The van der Waals surface area contributed by atoms with Gasteiger partial charge in [-0.05, 0) is 63.4 Å². The number of nitrogens with zero attached hydrogens (tertiary/aromatic N) is 2. The van der Waals surface area contributed by atoms with Crippen LogP contribution in [0.3, 0.4) is 0 Å². The Morgan fingerprint density at radius 2 is 1.96 bits per heavy atom. The summed E-state index contributed by atoms with van der Waals surface area (Å²) in [5.41, 5.74) is 2.35. The highest BCUT2D eigenvalue weighted by Crippen LogP contribution is 2.29. The Hall–Kier alpha value is -1.92. The van der Waals surface area contributed by atoms with Crippen LogP contribution in [0.4, 0.5) is 5.13 Å². The molecule has 1 N–H and O–H groups in total. The molecule has 0 bridgehead atoms. The van der Waals surface area contributed by atoms with Crippen molar-refractivity contribution in [3.63, 3.8) is 0 Å². The summed E-state index contributed by atoms with van der Waals surface area (Å²) in [6.07, 6.45) is 2.16. The molecule has 0 saturated carbocycles. The number of aromatic nitrogens is 1. The topological polar surface area (TPSA) is 54.5 Å². The summed E-state index contributed by atoms with van der Waals surface area (Å²) in [4.78, 5) is 20.0. The third-order valence-corrected chi connectivity index (χ3v) is 5.81. The van der Waals surface area contributed by atoms with Crippen LogP contribution in [-0.4, -0.2) is 42.5 Å². The van der Waals surface area contributed by atoms with E-state index in [9.17, 15) is 4.79 Å². The first-order valence-corrected chi connectivity index (χ1v) is 9.47. The maximum atomic E-state index is 12.2. The van der Waals surface area contributed by atoms with Crippen molar-refractivity contribution in [2.45, 2.75) is 32.6 Å².